The van der Waals surface area contributed by atoms with Gasteiger partial charge in [-0.05, 0) is 75.1 Å². The Labute approximate surface area is 222 Å². The van der Waals surface area contributed by atoms with Crippen molar-refractivity contribution >= 4 is 17.8 Å². The van der Waals surface area contributed by atoms with Crippen LogP contribution in [0.1, 0.15) is 98.1 Å². The Morgan fingerprint density at radius 3 is 2.46 bits per heavy atom. The fourth-order valence-electron chi connectivity index (χ4n) is 5.77. The van der Waals surface area contributed by atoms with Crippen LogP contribution in [0.2, 0.25) is 0 Å². The summed E-state index contributed by atoms with van der Waals surface area (Å²) in [7, 11) is 0. The van der Waals surface area contributed by atoms with Gasteiger partial charge in [0.1, 0.15) is 17.4 Å². The molecule has 7 heteroatoms. The van der Waals surface area contributed by atoms with Crippen LogP contribution < -0.4 is 15.8 Å². The molecule has 1 aromatic carbocycles. The topological polar surface area (TPSA) is 108 Å². The Morgan fingerprint density at radius 1 is 1.11 bits per heavy atom. The van der Waals surface area contributed by atoms with E-state index in [4.69, 9.17) is 15.2 Å². The van der Waals surface area contributed by atoms with Gasteiger partial charge in [-0.15, -0.1) is 0 Å². The quantitative estimate of drug-likeness (QED) is 0.399. The number of amides is 1. The molecule has 1 fully saturated rings. The van der Waals surface area contributed by atoms with E-state index < -0.39 is 35.4 Å². The fourth-order valence-corrected chi connectivity index (χ4v) is 5.77. The Bertz CT molecular complexity index is 998. The molecule has 0 radical (unpaired) electrons. The van der Waals surface area contributed by atoms with Crippen molar-refractivity contribution in [2.24, 2.45) is 23.5 Å². The summed E-state index contributed by atoms with van der Waals surface area (Å²) in [6, 6.07) is 5.21. The predicted octanol–water partition coefficient (Wildman–Crippen LogP) is 4.82. The molecule has 206 valence electrons. The Hall–Kier alpha value is -2.41. The zero-order valence-electron chi connectivity index (χ0n) is 23.7. The van der Waals surface area contributed by atoms with E-state index in [0.717, 1.165) is 25.7 Å². The van der Waals surface area contributed by atoms with Gasteiger partial charge >= 0.3 is 11.9 Å². The lowest BCUT2D eigenvalue weighted by Gasteiger charge is -2.47. The minimum Gasteiger partial charge on any atom is -0.458 e. The number of nitrogens with one attached hydrogen (secondary N) is 1. The molecule has 1 saturated carbocycles. The molecular weight excluding hydrogens is 468 g/mol. The Kier molecular flexibility index (Phi) is 9.10. The highest BCUT2D eigenvalue weighted by Gasteiger charge is 2.44. The second kappa shape index (κ2) is 11.5. The third-order valence-electron chi connectivity index (χ3n) is 7.95. The summed E-state index contributed by atoms with van der Waals surface area (Å²) in [4.78, 5) is 38.1. The highest BCUT2D eigenvalue weighted by atomic mass is 16.6. The maximum absolute atomic E-state index is 12.9. The first-order valence-corrected chi connectivity index (χ1v) is 13.8. The maximum Gasteiger partial charge on any atom is 0.329 e. The van der Waals surface area contributed by atoms with E-state index in [9.17, 15) is 14.4 Å². The number of nitrogens with two attached hydrogens (primary N) is 1. The second-order valence-corrected chi connectivity index (χ2v) is 12.7. The highest BCUT2D eigenvalue weighted by Crippen LogP contribution is 2.46. The minimum absolute atomic E-state index is 0.0833. The molecule has 1 amide bonds. The number of hydrogen-bond donors (Lipinski definition) is 2. The zero-order valence-corrected chi connectivity index (χ0v) is 23.7. The molecule has 37 heavy (non-hydrogen) atoms. The third-order valence-corrected chi connectivity index (χ3v) is 7.95. The molecule has 3 rings (SSSR count). The number of fused-ring (bicyclic) bond motifs is 4. The van der Waals surface area contributed by atoms with Crippen molar-refractivity contribution in [3.05, 3.63) is 29.3 Å². The first kappa shape index (κ1) is 29.2. The van der Waals surface area contributed by atoms with E-state index in [2.05, 4.69) is 18.3 Å². The molecule has 7 nitrogen and oxygen atoms in total. The first-order chi connectivity index (χ1) is 17.2. The highest BCUT2D eigenvalue weighted by molar-refractivity contribution is 5.87. The van der Waals surface area contributed by atoms with Crippen LogP contribution in [0.5, 0.6) is 5.75 Å². The van der Waals surface area contributed by atoms with E-state index in [0.29, 0.717) is 11.7 Å². The largest absolute Gasteiger partial charge is 0.458 e. The molecule has 0 aromatic heterocycles. The van der Waals surface area contributed by atoms with Crippen LogP contribution in [-0.4, -0.2) is 35.5 Å². The molecule has 2 aliphatic rings. The van der Waals surface area contributed by atoms with Gasteiger partial charge in [0.25, 0.3) is 0 Å². The van der Waals surface area contributed by atoms with Crippen molar-refractivity contribution in [3.8, 4) is 5.75 Å². The van der Waals surface area contributed by atoms with Crippen LogP contribution in [0, 0.1) is 17.8 Å². The van der Waals surface area contributed by atoms with Crippen LogP contribution in [0.25, 0.3) is 0 Å². The Morgan fingerprint density at radius 2 is 1.81 bits per heavy atom. The van der Waals surface area contributed by atoms with Gasteiger partial charge in [-0.2, -0.15) is 0 Å². The molecule has 5 atom stereocenters. The predicted molar refractivity (Wildman–Crippen MR) is 144 cm³/mol. The molecule has 0 saturated heterocycles. The van der Waals surface area contributed by atoms with Gasteiger partial charge in [0, 0.05) is 17.9 Å². The Balaban J connectivity index is 1.65. The monoisotopic (exact) mass is 514 g/mol. The molecule has 2 aliphatic carbocycles. The number of carbonyl (C=O) groups excluding carboxylic acids is 3. The smallest absolute Gasteiger partial charge is 0.329 e. The summed E-state index contributed by atoms with van der Waals surface area (Å²) in [6.45, 7) is 12.9. The number of esters is 2. The summed E-state index contributed by atoms with van der Waals surface area (Å²) in [5, 5.41) is 2.74. The molecule has 3 N–H and O–H groups in total. The molecule has 0 unspecified atom stereocenters. The van der Waals surface area contributed by atoms with Gasteiger partial charge in [-0.1, -0.05) is 53.0 Å². The fraction of sp³-hybridized carbons (Fsp3) is 0.700. The lowest BCUT2D eigenvalue weighted by atomic mass is 9.60. The lowest BCUT2D eigenvalue weighted by molar-refractivity contribution is -0.160. The van der Waals surface area contributed by atoms with Gasteiger partial charge in [0.15, 0.2) is 0 Å². The SMILES string of the molecule is CC(C)[C@H](NC(=O)C[C@H](C)C(=O)Oc1ccc2c(c1)[C@@]1(C)CCCCC[C@@H](C2)[C@@H]1N)C(=O)OC(C)(C)C. The van der Waals surface area contributed by atoms with Crippen molar-refractivity contribution < 1.29 is 23.9 Å². The molecule has 0 spiro atoms. The first-order valence-electron chi connectivity index (χ1n) is 13.8. The standard InChI is InChI=1S/C30H46N2O5/c1-18(2)25(28(35)37-29(4,5)6)32-24(33)15-19(3)27(34)36-22-13-12-20-16-21-11-9-8-10-14-30(7,26(21)31)23(20)17-22/h12-13,17-19,21,25-26H,8-11,14-16,31H2,1-7H3,(H,32,33)/t19-,21-,25-,26-,30+/m0/s1. The summed E-state index contributed by atoms with van der Waals surface area (Å²) in [5.41, 5.74) is 8.48. The van der Waals surface area contributed by atoms with Crippen molar-refractivity contribution in [2.75, 3.05) is 0 Å². The van der Waals surface area contributed by atoms with E-state index in [-0.39, 0.29) is 23.8 Å². The van der Waals surface area contributed by atoms with Gasteiger partial charge in [0.05, 0.1) is 5.92 Å². The summed E-state index contributed by atoms with van der Waals surface area (Å²) in [5.74, 6) is -1.21. The van der Waals surface area contributed by atoms with Gasteiger partial charge in [0.2, 0.25) is 5.91 Å². The van der Waals surface area contributed by atoms with Gasteiger partial charge in [-0.25, -0.2) is 4.79 Å². The third kappa shape index (κ3) is 7.13. The zero-order chi connectivity index (χ0) is 27.5. The van der Waals surface area contributed by atoms with E-state index in [1.165, 1.54) is 24.0 Å². The van der Waals surface area contributed by atoms with Crippen LogP contribution in [-0.2, 0) is 31.0 Å². The minimum atomic E-state index is -0.784. The lowest BCUT2D eigenvalue weighted by Crippen LogP contribution is -2.52. The van der Waals surface area contributed by atoms with E-state index in [1.54, 1.807) is 27.7 Å². The van der Waals surface area contributed by atoms with E-state index >= 15 is 0 Å². The molecule has 2 bridgehead atoms. The van der Waals surface area contributed by atoms with Crippen LogP contribution >= 0.6 is 0 Å². The molecule has 0 heterocycles. The molecular formula is C30H46N2O5. The van der Waals surface area contributed by atoms with Crippen LogP contribution in [0.4, 0.5) is 0 Å². The van der Waals surface area contributed by atoms with Crippen molar-refractivity contribution in [1.82, 2.24) is 5.32 Å². The average Bonchev–Trinajstić information content (AvgIpc) is 2.79. The van der Waals surface area contributed by atoms with Crippen LogP contribution in [0.3, 0.4) is 0 Å². The number of benzene rings is 1. The second-order valence-electron chi connectivity index (χ2n) is 12.7. The molecule has 1 aromatic rings. The summed E-state index contributed by atoms with van der Waals surface area (Å²) >= 11 is 0. The average molecular weight is 515 g/mol. The molecule has 0 aliphatic heterocycles. The number of hydrogen-bond acceptors (Lipinski definition) is 6. The van der Waals surface area contributed by atoms with Crippen molar-refractivity contribution in [1.29, 1.82) is 0 Å². The van der Waals surface area contributed by atoms with Crippen molar-refractivity contribution in [2.45, 2.75) is 117 Å². The number of ether oxygens (including phenoxy) is 2. The number of carbonyl (C=O) groups is 3. The summed E-state index contributed by atoms with van der Waals surface area (Å²) in [6.07, 6.45) is 6.69. The maximum atomic E-state index is 12.9. The van der Waals surface area contributed by atoms with Crippen molar-refractivity contribution in [3.63, 3.8) is 0 Å². The van der Waals surface area contributed by atoms with Crippen LogP contribution in [0.15, 0.2) is 18.2 Å². The normalized spacial score (nSPS) is 25.2. The van der Waals surface area contributed by atoms with Gasteiger partial charge < -0.3 is 20.5 Å². The summed E-state index contributed by atoms with van der Waals surface area (Å²) < 4.78 is 11.2. The number of rotatable bonds is 7. The van der Waals surface area contributed by atoms with E-state index in [1.807, 2.05) is 26.0 Å². The van der Waals surface area contributed by atoms with Gasteiger partial charge in [-0.3, -0.25) is 9.59 Å².